The summed E-state index contributed by atoms with van der Waals surface area (Å²) in [5.41, 5.74) is 0. The Balaban J connectivity index is 2.84. The van der Waals surface area contributed by atoms with Crippen molar-refractivity contribution in [1.82, 2.24) is 9.97 Å². The molecule has 6 heteroatoms. The minimum atomic E-state index is -0.0723. The Morgan fingerprint density at radius 3 is 2.71 bits per heavy atom. The number of nitrogens with one attached hydrogen (secondary N) is 2. The summed E-state index contributed by atoms with van der Waals surface area (Å²) in [6.07, 6.45) is 1.55. The molecule has 0 amide bonds. The van der Waals surface area contributed by atoms with Crippen LogP contribution >= 0.6 is 11.6 Å². The van der Waals surface area contributed by atoms with Crippen molar-refractivity contribution in [2.24, 2.45) is 5.92 Å². The van der Waals surface area contributed by atoms with Crippen molar-refractivity contribution in [2.45, 2.75) is 26.8 Å². The van der Waals surface area contributed by atoms with E-state index in [-0.39, 0.29) is 18.6 Å². The van der Waals surface area contributed by atoms with Gasteiger partial charge < -0.3 is 15.7 Å². The molecule has 0 bridgehead atoms. The lowest BCUT2D eigenvalue weighted by Gasteiger charge is -2.21. The molecule has 0 aliphatic rings. The molecule has 1 rings (SSSR count). The second-order valence-corrected chi connectivity index (χ2v) is 4.51. The Morgan fingerprint density at radius 2 is 2.18 bits per heavy atom. The zero-order chi connectivity index (χ0) is 12.8. The van der Waals surface area contributed by atoms with E-state index in [0.29, 0.717) is 16.8 Å². The number of halogens is 1. The van der Waals surface area contributed by atoms with Crippen LogP contribution in [0.3, 0.4) is 0 Å². The van der Waals surface area contributed by atoms with Gasteiger partial charge in [-0.2, -0.15) is 4.98 Å². The van der Waals surface area contributed by atoms with Gasteiger partial charge in [0.1, 0.15) is 5.02 Å². The fraction of sp³-hybridized carbons (Fsp3) is 0.636. The number of anilines is 2. The van der Waals surface area contributed by atoms with E-state index in [4.69, 9.17) is 11.6 Å². The minimum Gasteiger partial charge on any atom is -0.394 e. The second kappa shape index (κ2) is 6.61. The summed E-state index contributed by atoms with van der Waals surface area (Å²) in [6, 6.07) is -0.0723. The highest BCUT2D eigenvalue weighted by Crippen LogP contribution is 2.21. The van der Waals surface area contributed by atoms with Crippen LogP contribution in [0.4, 0.5) is 11.8 Å². The van der Waals surface area contributed by atoms with Gasteiger partial charge in [0.15, 0.2) is 5.82 Å². The van der Waals surface area contributed by atoms with Crippen LogP contribution in [0.1, 0.15) is 20.8 Å². The molecular weight excluding hydrogens is 240 g/mol. The molecule has 1 aromatic rings. The molecule has 0 aromatic carbocycles. The normalized spacial score (nSPS) is 12.6. The van der Waals surface area contributed by atoms with Gasteiger partial charge in [0.05, 0.1) is 18.8 Å². The van der Waals surface area contributed by atoms with Crippen molar-refractivity contribution in [3.8, 4) is 0 Å². The SMILES string of the molecule is CCNc1ncc(Cl)c(NC(CO)C(C)C)n1. The van der Waals surface area contributed by atoms with E-state index >= 15 is 0 Å². The number of aromatic nitrogens is 2. The molecule has 0 fully saturated rings. The molecule has 1 heterocycles. The Labute approximate surface area is 107 Å². The van der Waals surface area contributed by atoms with E-state index in [2.05, 4.69) is 20.6 Å². The summed E-state index contributed by atoms with van der Waals surface area (Å²) in [6.45, 7) is 6.79. The topological polar surface area (TPSA) is 70.1 Å². The minimum absolute atomic E-state index is 0.0362. The number of aliphatic hydroxyl groups is 1. The fourth-order valence-corrected chi connectivity index (χ4v) is 1.46. The molecule has 1 aromatic heterocycles. The van der Waals surface area contributed by atoms with Gasteiger partial charge in [-0.1, -0.05) is 25.4 Å². The highest BCUT2D eigenvalue weighted by Gasteiger charge is 2.14. The summed E-state index contributed by atoms with van der Waals surface area (Å²) >= 11 is 6.01. The monoisotopic (exact) mass is 258 g/mol. The van der Waals surface area contributed by atoms with Crippen molar-refractivity contribution < 1.29 is 5.11 Å². The summed E-state index contributed by atoms with van der Waals surface area (Å²) in [5, 5.41) is 15.8. The first kappa shape index (κ1) is 14.0. The van der Waals surface area contributed by atoms with Crippen molar-refractivity contribution in [3.63, 3.8) is 0 Å². The maximum absolute atomic E-state index is 9.26. The average molecular weight is 259 g/mol. The number of aliphatic hydroxyl groups excluding tert-OH is 1. The molecule has 0 aliphatic heterocycles. The molecule has 96 valence electrons. The number of hydrogen-bond acceptors (Lipinski definition) is 5. The third-order valence-corrected chi connectivity index (χ3v) is 2.68. The standard InChI is InChI=1S/C11H19ClN4O/c1-4-13-11-14-5-8(12)10(16-11)15-9(6-17)7(2)3/h5,7,9,17H,4,6H2,1-3H3,(H2,13,14,15,16). The maximum atomic E-state index is 9.26. The van der Waals surface area contributed by atoms with Crippen molar-refractivity contribution in [1.29, 1.82) is 0 Å². The number of rotatable bonds is 6. The zero-order valence-corrected chi connectivity index (χ0v) is 11.1. The Bertz CT molecular complexity index is 359. The van der Waals surface area contributed by atoms with Crippen molar-refractivity contribution in [2.75, 3.05) is 23.8 Å². The van der Waals surface area contributed by atoms with E-state index in [1.54, 1.807) is 6.20 Å². The van der Waals surface area contributed by atoms with Crippen LogP contribution in [0.15, 0.2) is 6.20 Å². The van der Waals surface area contributed by atoms with Gasteiger partial charge in [0.2, 0.25) is 5.95 Å². The molecule has 5 nitrogen and oxygen atoms in total. The summed E-state index contributed by atoms with van der Waals surface area (Å²) in [7, 11) is 0. The lowest BCUT2D eigenvalue weighted by Crippen LogP contribution is -2.30. The van der Waals surface area contributed by atoms with Gasteiger partial charge in [-0.15, -0.1) is 0 Å². The van der Waals surface area contributed by atoms with E-state index in [1.165, 1.54) is 0 Å². The Hall–Kier alpha value is -1.07. The maximum Gasteiger partial charge on any atom is 0.224 e. The first-order chi connectivity index (χ1) is 8.08. The lowest BCUT2D eigenvalue weighted by atomic mass is 10.1. The predicted molar refractivity (Wildman–Crippen MR) is 70.5 cm³/mol. The molecular formula is C11H19ClN4O. The van der Waals surface area contributed by atoms with E-state index in [9.17, 15) is 5.11 Å². The van der Waals surface area contributed by atoms with Crippen molar-refractivity contribution in [3.05, 3.63) is 11.2 Å². The van der Waals surface area contributed by atoms with Crippen LogP contribution in [0.25, 0.3) is 0 Å². The van der Waals surface area contributed by atoms with Crippen LogP contribution in [-0.2, 0) is 0 Å². The highest BCUT2D eigenvalue weighted by atomic mass is 35.5. The molecule has 1 unspecified atom stereocenters. The van der Waals surface area contributed by atoms with Gasteiger partial charge in [0, 0.05) is 6.54 Å². The molecule has 0 radical (unpaired) electrons. The zero-order valence-electron chi connectivity index (χ0n) is 10.4. The molecule has 1 atom stereocenters. The van der Waals surface area contributed by atoms with Crippen LogP contribution < -0.4 is 10.6 Å². The highest BCUT2D eigenvalue weighted by molar-refractivity contribution is 6.32. The van der Waals surface area contributed by atoms with E-state index < -0.39 is 0 Å². The predicted octanol–water partition coefficient (Wildman–Crippen LogP) is 1.99. The van der Waals surface area contributed by atoms with Gasteiger partial charge in [-0.25, -0.2) is 4.98 Å². The first-order valence-corrected chi connectivity index (χ1v) is 6.10. The average Bonchev–Trinajstić information content (AvgIpc) is 2.29. The molecule has 0 spiro atoms. The lowest BCUT2D eigenvalue weighted by molar-refractivity contribution is 0.249. The molecule has 0 saturated heterocycles. The first-order valence-electron chi connectivity index (χ1n) is 5.72. The second-order valence-electron chi connectivity index (χ2n) is 4.10. The molecule has 0 aliphatic carbocycles. The smallest absolute Gasteiger partial charge is 0.224 e. The quantitative estimate of drug-likeness (QED) is 0.728. The van der Waals surface area contributed by atoms with Gasteiger partial charge in [-0.05, 0) is 12.8 Å². The third-order valence-electron chi connectivity index (χ3n) is 2.40. The molecule has 17 heavy (non-hydrogen) atoms. The largest absolute Gasteiger partial charge is 0.394 e. The fourth-order valence-electron chi connectivity index (χ4n) is 1.31. The van der Waals surface area contributed by atoms with Gasteiger partial charge in [0.25, 0.3) is 0 Å². The van der Waals surface area contributed by atoms with Crippen LogP contribution in [-0.4, -0.2) is 34.3 Å². The molecule has 3 N–H and O–H groups in total. The number of nitrogens with zero attached hydrogens (tertiary/aromatic N) is 2. The summed E-state index contributed by atoms with van der Waals surface area (Å²) in [5.74, 6) is 1.36. The van der Waals surface area contributed by atoms with E-state index in [0.717, 1.165) is 6.54 Å². The van der Waals surface area contributed by atoms with Crippen LogP contribution in [0.5, 0.6) is 0 Å². The third kappa shape index (κ3) is 4.02. The summed E-state index contributed by atoms with van der Waals surface area (Å²) in [4.78, 5) is 8.31. The van der Waals surface area contributed by atoms with Crippen LogP contribution in [0, 0.1) is 5.92 Å². The van der Waals surface area contributed by atoms with E-state index in [1.807, 2.05) is 20.8 Å². The Morgan fingerprint density at radius 1 is 1.47 bits per heavy atom. The van der Waals surface area contributed by atoms with Crippen LogP contribution in [0.2, 0.25) is 5.02 Å². The van der Waals surface area contributed by atoms with Gasteiger partial charge >= 0.3 is 0 Å². The Kier molecular flexibility index (Phi) is 5.44. The number of hydrogen-bond donors (Lipinski definition) is 3. The summed E-state index contributed by atoms with van der Waals surface area (Å²) < 4.78 is 0. The van der Waals surface area contributed by atoms with Gasteiger partial charge in [-0.3, -0.25) is 0 Å². The molecule has 0 saturated carbocycles. The van der Waals surface area contributed by atoms with Crippen molar-refractivity contribution >= 4 is 23.4 Å².